The van der Waals surface area contributed by atoms with Gasteiger partial charge in [0.1, 0.15) is 6.07 Å². The largest absolute Gasteiger partial charge is 0.371 e. The Hall–Kier alpha value is -2.16. The molecular weight excluding hydrogens is 358 g/mol. The van der Waals surface area contributed by atoms with E-state index in [0.29, 0.717) is 11.0 Å². The average molecular weight is 390 g/mol. The van der Waals surface area contributed by atoms with Crippen LogP contribution in [0.3, 0.4) is 0 Å². The molecule has 152 valence electrons. The Bertz CT molecular complexity index is 906. The predicted octanol–water partition coefficient (Wildman–Crippen LogP) is 3.40. The number of fused-ring (bicyclic) bond motifs is 1. The van der Waals surface area contributed by atoms with E-state index in [2.05, 4.69) is 38.3 Å². The Balaban J connectivity index is 1.28. The molecule has 3 aliphatic rings. The van der Waals surface area contributed by atoms with Crippen molar-refractivity contribution in [3.8, 4) is 6.07 Å². The highest BCUT2D eigenvalue weighted by Crippen LogP contribution is 2.39. The molecule has 5 nitrogen and oxygen atoms in total. The number of pyridine rings is 1. The van der Waals surface area contributed by atoms with E-state index in [1.165, 1.54) is 70.5 Å². The van der Waals surface area contributed by atoms with Crippen molar-refractivity contribution in [2.75, 3.05) is 50.7 Å². The van der Waals surface area contributed by atoms with Crippen molar-refractivity contribution in [2.24, 2.45) is 11.3 Å². The van der Waals surface area contributed by atoms with E-state index in [-0.39, 0.29) is 0 Å². The van der Waals surface area contributed by atoms with Gasteiger partial charge in [-0.15, -0.1) is 0 Å². The van der Waals surface area contributed by atoms with Crippen LogP contribution < -0.4 is 10.2 Å². The summed E-state index contributed by atoms with van der Waals surface area (Å²) in [6.07, 6.45) is 8.53. The second-order valence-corrected chi connectivity index (χ2v) is 9.33. The standard InChI is InChI=1S/C24H31N5/c25-15-20-4-5-22(21-3-1-10-27-23(20)21)29-14-6-19(17-29)16-28-13-2-7-24(18-28)8-11-26-12-9-24/h1,3-5,10,19,26H,2,6-9,11-14,16-18H2. The van der Waals surface area contributed by atoms with Crippen LogP contribution in [0.2, 0.25) is 0 Å². The van der Waals surface area contributed by atoms with Crippen molar-refractivity contribution in [2.45, 2.75) is 32.1 Å². The van der Waals surface area contributed by atoms with Gasteiger partial charge in [-0.2, -0.15) is 5.26 Å². The highest BCUT2D eigenvalue weighted by atomic mass is 15.2. The quantitative estimate of drug-likeness (QED) is 0.872. The van der Waals surface area contributed by atoms with Crippen molar-refractivity contribution in [3.05, 3.63) is 36.0 Å². The first kappa shape index (κ1) is 18.8. The van der Waals surface area contributed by atoms with E-state index < -0.39 is 0 Å². The van der Waals surface area contributed by atoms with Crippen molar-refractivity contribution in [3.63, 3.8) is 0 Å². The van der Waals surface area contributed by atoms with Crippen LogP contribution in [0.15, 0.2) is 30.5 Å². The van der Waals surface area contributed by atoms with Crippen molar-refractivity contribution in [1.82, 2.24) is 15.2 Å². The topological polar surface area (TPSA) is 55.2 Å². The van der Waals surface area contributed by atoms with Gasteiger partial charge in [-0.3, -0.25) is 4.98 Å². The summed E-state index contributed by atoms with van der Waals surface area (Å²) in [6.45, 7) is 8.42. The minimum atomic E-state index is 0.580. The lowest BCUT2D eigenvalue weighted by Crippen LogP contribution is -2.49. The third kappa shape index (κ3) is 3.72. The molecule has 0 amide bonds. The zero-order valence-corrected chi connectivity index (χ0v) is 17.2. The Kier molecular flexibility index (Phi) is 5.15. The SMILES string of the molecule is N#Cc1ccc(N2CCC(CN3CCCC4(CCNCC4)C3)C2)c2cccnc12. The summed E-state index contributed by atoms with van der Waals surface area (Å²) in [5.74, 6) is 0.731. The molecule has 4 heterocycles. The average Bonchev–Trinajstić information content (AvgIpc) is 3.21. The molecule has 0 bridgehead atoms. The number of aromatic nitrogens is 1. The molecule has 3 aliphatic heterocycles. The zero-order valence-electron chi connectivity index (χ0n) is 17.2. The van der Waals surface area contributed by atoms with E-state index in [0.717, 1.165) is 29.9 Å². The number of rotatable bonds is 3. The van der Waals surface area contributed by atoms with Gasteiger partial charge in [-0.1, -0.05) is 0 Å². The molecule has 1 spiro atoms. The summed E-state index contributed by atoms with van der Waals surface area (Å²) in [6, 6.07) is 10.4. The van der Waals surface area contributed by atoms with Crippen LogP contribution in [-0.4, -0.2) is 55.7 Å². The molecule has 1 unspecified atom stereocenters. The second-order valence-electron chi connectivity index (χ2n) is 9.33. The lowest BCUT2D eigenvalue weighted by molar-refractivity contribution is 0.0519. The molecule has 5 rings (SSSR count). The number of hydrogen-bond donors (Lipinski definition) is 1. The van der Waals surface area contributed by atoms with Gasteiger partial charge in [-0.25, -0.2) is 0 Å². The Morgan fingerprint density at radius 3 is 2.93 bits per heavy atom. The number of likely N-dealkylation sites (tertiary alicyclic amines) is 1. The fourth-order valence-electron chi connectivity index (χ4n) is 5.92. The lowest BCUT2D eigenvalue weighted by atomic mass is 9.73. The Labute approximate surface area is 173 Å². The Morgan fingerprint density at radius 1 is 1.17 bits per heavy atom. The third-order valence-electron chi connectivity index (χ3n) is 7.41. The molecule has 0 radical (unpaired) electrons. The molecule has 5 heteroatoms. The first-order valence-corrected chi connectivity index (χ1v) is 11.2. The van der Waals surface area contributed by atoms with Crippen molar-refractivity contribution in [1.29, 1.82) is 5.26 Å². The molecule has 0 saturated carbocycles. The summed E-state index contributed by atoms with van der Waals surface area (Å²) in [7, 11) is 0. The smallest absolute Gasteiger partial charge is 0.101 e. The van der Waals surface area contributed by atoms with Crippen LogP contribution in [0.1, 0.15) is 37.7 Å². The monoisotopic (exact) mass is 389 g/mol. The maximum Gasteiger partial charge on any atom is 0.101 e. The summed E-state index contributed by atoms with van der Waals surface area (Å²) in [4.78, 5) is 9.76. The van der Waals surface area contributed by atoms with Gasteiger partial charge < -0.3 is 15.1 Å². The van der Waals surface area contributed by atoms with Gasteiger partial charge in [-0.05, 0) is 87.3 Å². The van der Waals surface area contributed by atoms with Crippen LogP contribution in [-0.2, 0) is 0 Å². The molecule has 3 saturated heterocycles. The number of piperidine rings is 2. The number of hydrogen-bond acceptors (Lipinski definition) is 5. The van der Waals surface area contributed by atoms with Gasteiger partial charge in [0.25, 0.3) is 0 Å². The zero-order chi connectivity index (χ0) is 19.7. The first-order chi connectivity index (χ1) is 14.3. The molecule has 2 aromatic rings. The highest BCUT2D eigenvalue weighted by molar-refractivity contribution is 5.95. The van der Waals surface area contributed by atoms with Crippen LogP contribution in [0.5, 0.6) is 0 Å². The predicted molar refractivity (Wildman–Crippen MR) is 117 cm³/mol. The highest BCUT2D eigenvalue weighted by Gasteiger charge is 2.37. The van der Waals surface area contributed by atoms with Crippen LogP contribution in [0.4, 0.5) is 5.69 Å². The maximum atomic E-state index is 9.41. The minimum absolute atomic E-state index is 0.580. The van der Waals surface area contributed by atoms with Crippen LogP contribution in [0.25, 0.3) is 10.9 Å². The van der Waals surface area contributed by atoms with Gasteiger partial charge in [0, 0.05) is 43.4 Å². The maximum absolute atomic E-state index is 9.41. The van der Waals surface area contributed by atoms with Gasteiger partial charge in [0.05, 0.1) is 11.1 Å². The van der Waals surface area contributed by atoms with Crippen LogP contribution >= 0.6 is 0 Å². The summed E-state index contributed by atoms with van der Waals surface area (Å²) in [5, 5.41) is 14.1. The third-order valence-corrected chi connectivity index (χ3v) is 7.41. The van der Waals surface area contributed by atoms with Crippen molar-refractivity contribution >= 4 is 16.6 Å². The summed E-state index contributed by atoms with van der Waals surface area (Å²) in [5.41, 5.74) is 3.32. The molecule has 0 aliphatic carbocycles. The Morgan fingerprint density at radius 2 is 2.07 bits per heavy atom. The normalized spacial score (nSPS) is 24.8. The number of nitrogens with zero attached hydrogens (tertiary/aromatic N) is 4. The van der Waals surface area contributed by atoms with Gasteiger partial charge in [0.15, 0.2) is 0 Å². The molecule has 3 fully saturated rings. The molecular formula is C24H31N5. The van der Waals surface area contributed by atoms with E-state index in [9.17, 15) is 5.26 Å². The molecule has 1 N–H and O–H groups in total. The molecule has 29 heavy (non-hydrogen) atoms. The van der Waals surface area contributed by atoms with Crippen molar-refractivity contribution < 1.29 is 0 Å². The number of nitrogens with one attached hydrogen (secondary N) is 1. The van der Waals surface area contributed by atoms with Gasteiger partial charge in [0.2, 0.25) is 0 Å². The van der Waals surface area contributed by atoms with E-state index in [1.54, 1.807) is 6.20 Å². The first-order valence-electron chi connectivity index (χ1n) is 11.2. The van der Waals surface area contributed by atoms with Crippen LogP contribution in [0, 0.1) is 22.7 Å². The van der Waals surface area contributed by atoms with E-state index in [1.807, 2.05) is 12.1 Å². The number of benzene rings is 1. The number of nitriles is 1. The van der Waals surface area contributed by atoms with E-state index >= 15 is 0 Å². The summed E-state index contributed by atoms with van der Waals surface area (Å²) >= 11 is 0. The van der Waals surface area contributed by atoms with E-state index in [4.69, 9.17) is 0 Å². The summed E-state index contributed by atoms with van der Waals surface area (Å²) < 4.78 is 0. The minimum Gasteiger partial charge on any atom is -0.371 e. The molecule has 1 atom stereocenters. The molecule has 1 aromatic heterocycles. The van der Waals surface area contributed by atoms with Gasteiger partial charge >= 0.3 is 0 Å². The lowest BCUT2D eigenvalue weighted by Gasteiger charge is -2.46. The molecule has 1 aromatic carbocycles. The fourth-order valence-corrected chi connectivity index (χ4v) is 5.92. The number of anilines is 1. The second kappa shape index (κ2) is 7.93. The fraction of sp³-hybridized carbons (Fsp3) is 0.583.